The molecule has 0 spiro atoms. The van der Waals surface area contributed by atoms with Crippen LogP contribution in [-0.2, 0) is 0 Å². The van der Waals surface area contributed by atoms with Gasteiger partial charge in [0.15, 0.2) is 11.5 Å². The van der Waals surface area contributed by atoms with Crippen molar-refractivity contribution in [3.8, 4) is 45.8 Å². The van der Waals surface area contributed by atoms with Crippen molar-refractivity contribution in [1.29, 1.82) is 0 Å². The second-order valence-corrected chi connectivity index (χ2v) is 4.33. The molecule has 3 rings (SSSR count). The van der Waals surface area contributed by atoms with Crippen LogP contribution in [0.2, 0.25) is 0 Å². The molecular weight excluding hydrogens is 276 g/mol. The molecule has 7 nitrogen and oxygen atoms in total. The Balaban J connectivity index is 2.01. The zero-order valence-corrected chi connectivity index (χ0v) is 10.6. The van der Waals surface area contributed by atoms with Crippen LogP contribution in [0.15, 0.2) is 40.9 Å². The van der Waals surface area contributed by atoms with Crippen LogP contribution in [0.25, 0.3) is 22.8 Å². The van der Waals surface area contributed by atoms with Crippen LogP contribution in [0.4, 0.5) is 0 Å². The van der Waals surface area contributed by atoms with E-state index in [2.05, 4.69) is 10.1 Å². The Morgan fingerprint density at radius 2 is 1.62 bits per heavy atom. The summed E-state index contributed by atoms with van der Waals surface area (Å²) < 4.78 is 5.05. The van der Waals surface area contributed by atoms with Crippen LogP contribution in [0, 0.1) is 0 Å². The Morgan fingerprint density at radius 1 is 0.810 bits per heavy atom. The molecule has 3 aromatic rings. The minimum absolute atomic E-state index is 0.0649. The van der Waals surface area contributed by atoms with Gasteiger partial charge in [-0.3, -0.25) is 0 Å². The van der Waals surface area contributed by atoms with E-state index in [1.807, 2.05) is 0 Å². The summed E-state index contributed by atoms with van der Waals surface area (Å²) in [4.78, 5) is 4.10. The first kappa shape index (κ1) is 12.8. The fourth-order valence-electron chi connectivity index (χ4n) is 1.81. The molecule has 7 heteroatoms. The maximum atomic E-state index is 9.74. The van der Waals surface area contributed by atoms with E-state index >= 15 is 0 Å². The van der Waals surface area contributed by atoms with Crippen LogP contribution in [0.3, 0.4) is 0 Å². The van der Waals surface area contributed by atoms with Crippen molar-refractivity contribution in [1.82, 2.24) is 10.1 Å². The van der Waals surface area contributed by atoms with Gasteiger partial charge < -0.3 is 24.9 Å². The average molecular weight is 286 g/mol. The van der Waals surface area contributed by atoms with Crippen LogP contribution < -0.4 is 0 Å². The highest BCUT2D eigenvalue weighted by atomic mass is 16.5. The molecule has 0 unspecified atom stereocenters. The lowest BCUT2D eigenvalue weighted by atomic mass is 10.2. The van der Waals surface area contributed by atoms with E-state index in [0.29, 0.717) is 5.56 Å². The van der Waals surface area contributed by atoms with E-state index in [-0.39, 0.29) is 40.3 Å². The molecule has 0 atom stereocenters. The van der Waals surface area contributed by atoms with E-state index in [1.165, 1.54) is 30.3 Å². The van der Waals surface area contributed by atoms with Crippen molar-refractivity contribution >= 4 is 0 Å². The monoisotopic (exact) mass is 286 g/mol. The summed E-state index contributed by atoms with van der Waals surface area (Å²) in [6.07, 6.45) is 0. The molecule has 4 N–H and O–H groups in total. The highest BCUT2D eigenvalue weighted by molar-refractivity contribution is 5.67. The fourth-order valence-corrected chi connectivity index (χ4v) is 1.81. The Hall–Kier alpha value is -3.22. The molecular formula is C14H10N2O5. The lowest BCUT2D eigenvalue weighted by Crippen LogP contribution is -1.82. The smallest absolute Gasteiger partial charge is 0.262 e. The van der Waals surface area contributed by atoms with E-state index < -0.39 is 0 Å². The number of aromatic nitrogens is 2. The number of rotatable bonds is 2. The summed E-state index contributed by atoms with van der Waals surface area (Å²) in [5.41, 5.74) is 0.716. The molecule has 0 bridgehead atoms. The molecule has 1 aromatic heterocycles. The van der Waals surface area contributed by atoms with Gasteiger partial charge in [0.1, 0.15) is 11.5 Å². The number of hydrogen-bond donors (Lipinski definition) is 4. The lowest BCUT2D eigenvalue weighted by Gasteiger charge is -1.99. The summed E-state index contributed by atoms with van der Waals surface area (Å²) in [5.74, 6) is -0.578. The molecule has 1 heterocycles. The maximum absolute atomic E-state index is 9.74. The number of aromatic hydroxyl groups is 4. The summed E-state index contributed by atoms with van der Waals surface area (Å²) in [5, 5.41) is 41.5. The summed E-state index contributed by atoms with van der Waals surface area (Å²) >= 11 is 0. The SMILES string of the molecule is Oc1ccc(-c2nc(-c3ccc(O)c(O)c3)no2)c(O)c1. The standard InChI is InChI=1S/C14H10N2O5/c17-8-2-3-9(11(19)6-8)14-15-13(16-21-14)7-1-4-10(18)12(20)5-7/h1-6,17-20H. The molecule has 0 amide bonds. The number of phenolic OH excluding ortho intramolecular Hbond substituents is 4. The van der Waals surface area contributed by atoms with Crippen LogP contribution in [0.5, 0.6) is 23.0 Å². The fraction of sp³-hybridized carbons (Fsp3) is 0. The largest absolute Gasteiger partial charge is 0.508 e. The molecule has 21 heavy (non-hydrogen) atoms. The number of nitrogens with zero attached hydrogens (tertiary/aromatic N) is 2. The van der Waals surface area contributed by atoms with Crippen LogP contribution in [0.1, 0.15) is 0 Å². The first-order valence-corrected chi connectivity index (χ1v) is 5.93. The van der Waals surface area contributed by atoms with Gasteiger partial charge in [-0.2, -0.15) is 4.98 Å². The number of benzene rings is 2. The molecule has 0 aliphatic carbocycles. The van der Waals surface area contributed by atoms with E-state index in [1.54, 1.807) is 0 Å². The first-order valence-electron chi connectivity index (χ1n) is 5.93. The molecule has 106 valence electrons. The summed E-state index contributed by atoms with van der Waals surface area (Å²) in [6, 6.07) is 8.09. The molecule has 0 aliphatic rings. The van der Waals surface area contributed by atoms with Crippen molar-refractivity contribution in [3.05, 3.63) is 36.4 Å². The zero-order valence-electron chi connectivity index (χ0n) is 10.6. The third-order valence-electron chi connectivity index (χ3n) is 2.87. The Morgan fingerprint density at radius 3 is 2.33 bits per heavy atom. The van der Waals surface area contributed by atoms with Crippen LogP contribution in [-0.4, -0.2) is 30.6 Å². The topological polar surface area (TPSA) is 120 Å². The molecule has 0 radical (unpaired) electrons. The van der Waals surface area contributed by atoms with Crippen LogP contribution >= 0.6 is 0 Å². The van der Waals surface area contributed by atoms with Gasteiger partial charge in [-0.1, -0.05) is 5.16 Å². The van der Waals surface area contributed by atoms with Gasteiger partial charge in [-0.05, 0) is 30.3 Å². The zero-order chi connectivity index (χ0) is 15.0. The van der Waals surface area contributed by atoms with Gasteiger partial charge >= 0.3 is 0 Å². The molecule has 0 aliphatic heterocycles. The summed E-state index contributed by atoms with van der Waals surface area (Å²) in [6.45, 7) is 0. The van der Waals surface area contributed by atoms with Gasteiger partial charge in [-0.15, -0.1) is 0 Å². The van der Waals surface area contributed by atoms with Gasteiger partial charge in [0, 0.05) is 11.6 Å². The molecule has 2 aromatic carbocycles. The molecule has 0 saturated carbocycles. The third-order valence-corrected chi connectivity index (χ3v) is 2.87. The average Bonchev–Trinajstić information content (AvgIpc) is 2.91. The Labute approximate surface area is 118 Å². The Kier molecular flexibility index (Phi) is 2.87. The van der Waals surface area contributed by atoms with Crippen molar-refractivity contribution in [2.75, 3.05) is 0 Å². The Bertz CT molecular complexity index is 813. The van der Waals surface area contributed by atoms with Crippen molar-refractivity contribution < 1.29 is 24.9 Å². The third kappa shape index (κ3) is 2.32. The maximum Gasteiger partial charge on any atom is 0.262 e. The van der Waals surface area contributed by atoms with Crippen molar-refractivity contribution in [2.45, 2.75) is 0 Å². The summed E-state index contributed by atoms with van der Waals surface area (Å²) in [7, 11) is 0. The lowest BCUT2D eigenvalue weighted by molar-refractivity contribution is 0.403. The second-order valence-electron chi connectivity index (χ2n) is 4.33. The van der Waals surface area contributed by atoms with E-state index in [9.17, 15) is 20.4 Å². The predicted octanol–water partition coefficient (Wildman–Crippen LogP) is 2.23. The molecule has 0 fully saturated rings. The minimum Gasteiger partial charge on any atom is -0.508 e. The quantitative estimate of drug-likeness (QED) is 0.533. The highest BCUT2D eigenvalue weighted by Gasteiger charge is 2.15. The first-order chi connectivity index (χ1) is 10.0. The normalized spacial score (nSPS) is 10.7. The van der Waals surface area contributed by atoms with Gasteiger partial charge in [0.25, 0.3) is 5.89 Å². The van der Waals surface area contributed by atoms with Crippen molar-refractivity contribution in [2.24, 2.45) is 0 Å². The highest BCUT2D eigenvalue weighted by Crippen LogP contribution is 2.33. The van der Waals surface area contributed by atoms with E-state index in [0.717, 1.165) is 6.07 Å². The van der Waals surface area contributed by atoms with Gasteiger partial charge in [0.2, 0.25) is 5.82 Å². The number of phenols is 4. The minimum atomic E-state index is -0.300. The number of hydrogen-bond acceptors (Lipinski definition) is 7. The van der Waals surface area contributed by atoms with E-state index in [4.69, 9.17) is 4.52 Å². The van der Waals surface area contributed by atoms with Crippen molar-refractivity contribution in [3.63, 3.8) is 0 Å². The molecule has 0 saturated heterocycles. The van der Waals surface area contributed by atoms with Gasteiger partial charge in [0.05, 0.1) is 5.56 Å². The van der Waals surface area contributed by atoms with Gasteiger partial charge in [-0.25, -0.2) is 0 Å². The predicted molar refractivity (Wildman–Crippen MR) is 71.8 cm³/mol. The second kappa shape index (κ2) is 4.71.